The van der Waals surface area contributed by atoms with Gasteiger partial charge < -0.3 is 20.5 Å². The molecule has 8 nitrogen and oxygen atoms in total. The monoisotopic (exact) mass is 296 g/mol. The summed E-state index contributed by atoms with van der Waals surface area (Å²) in [5.74, 6) is 1.39. The second-order valence-corrected chi connectivity index (χ2v) is 6.16. The van der Waals surface area contributed by atoms with Crippen molar-refractivity contribution in [1.82, 2.24) is 19.9 Å². The Kier molecular flexibility index (Phi) is 4.60. The van der Waals surface area contributed by atoms with Gasteiger partial charge in [0, 0.05) is 27.2 Å². The summed E-state index contributed by atoms with van der Waals surface area (Å²) >= 11 is 0. The van der Waals surface area contributed by atoms with Gasteiger partial charge >= 0.3 is 0 Å². The first kappa shape index (κ1) is 15.9. The maximum Gasteiger partial charge on any atom is 0.229 e. The average molecular weight is 296 g/mol. The summed E-state index contributed by atoms with van der Waals surface area (Å²) in [7, 11) is 3.72. The second-order valence-electron chi connectivity index (χ2n) is 6.16. The van der Waals surface area contributed by atoms with Crippen LogP contribution in [0, 0.1) is 0 Å². The van der Waals surface area contributed by atoms with E-state index in [4.69, 9.17) is 10.5 Å². The fourth-order valence-corrected chi connectivity index (χ4v) is 2.53. The predicted octanol–water partition coefficient (Wildman–Crippen LogP) is -0.508. The highest BCUT2D eigenvalue weighted by Crippen LogP contribution is 2.22. The quantitative estimate of drug-likeness (QED) is 0.766. The molecule has 1 aliphatic heterocycles. The summed E-state index contributed by atoms with van der Waals surface area (Å²) in [5.41, 5.74) is 5.43. The molecule has 2 rings (SSSR count). The van der Waals surface area contributed by atoms with E-state index in [-0.39, 0.29) is 24.3 Å². The third-order valence-corrected chi connectivity index (χ3v) is 3.21. The number of morpholine rings is 1. The molecule has 2 heterocycles. The molecule has 0 radical (unpaired) electrons. The lowest BCUT2D eigenvalue weighted by Crippen LogP contribution is -2.53. The SMILES string of the molecule is CN(C)c1nc(N)nc(CN2CC(CO)OC(C)(C)C2)n1. The molecule has 0 saturated carbocycles. The minimum atomic E-state index is -0.311. The molecule has 0 spiro atoms. The zero-order valence-electron chi connectivity index (χ0n) is 13.1. The lowest BCUT2D eigenvalue weighted by atomic mass is 10.1. The van der Waals surface area contributed by atoms with Crippen LogP contribution >= 0.6 is 0 Å². The summed E-state index contributed by atoms with van der Waals surface area (Å²) in [5, 5.41) is 9.35. The molecule has 0 bridgehead atoms. The Morgan fingerprint density at radius 1 is 1.38 bits per heavy atom. The molecular formula is C13H24N6O2. The van der Waals surface area contributed by atoms with Gasteiger partial charge in [-0.2, -0.15) is 15.0 Å². The number of aliphatic hydroxyl groups excluding tert-OH is 1. The number of aromatic nitrogens is 3. The summed E-state index contributed by atoms with van der Waals surface area (Å²) < 4.78 is 5.80. The molecule has 1 unspecified atom stereocenters. The number of hydrogen-bond acceptors (Lipinski definition) is 8. The smallest absolute Gasteiger partial charge is 0.229 e. The number of nitrogens with zero attached hydrogens (tertiary/aromatic N) is 5. The van der Waals surface area contributed by atoms with Gasteiger partial charge in [0.1, 0.15) is 5.82 Å². The summed E-state index contributed by atoms with van der Waals surface area (Å²) in [6, 6.07) is 0. The van der Waals surface area contributed by atoms with Crippen molar-refractivity contribution < 1.29 is 9.84 Å². The van der Waals surface area contributed by atoms with E-state index in [0.717, 1.165) is 6.54 Å². The number of nitrogen functional groups attached to an aromatic ring is 1. The Labute approximate surface area is 125 Å². The van der Waals surface area contributed by atoms with E-state index >= 15 is 0 Å². The molecule has 8 heteroatoms. The summed E-state index contributed by atoms with van der Waals surface area (Å²) in [4.78, 5) is 16.6. The lowest BCUT2D eigenvalue weighted by molar-refractivity contribution is -0.151. The number of nitrogens with two attached hydrogens (primary N) is 1. The van der Waals surface area contributed by atoms with Crippen molar-refractivity contribution in [3.05, 3.63) is 5.82 Å². The molecule has 118 valence electrons. The topological polar surface area (TPSA) is 101 Å². The minimum absolute atomic E-state index is 0.00220. The number of aliphatic hydroxyl groups is 1. The molecule has 0 amide bonds. The molecule has 1 saturated heterocycles. The third-order valence-electron chi connectivity index (χ3n) is 3.21. The van der Waals surface area contributed by atoms with E-state index in [0.29, 0.717) is 24.9 Å². The van der Waals surface area contributed by atoms with Crippen molar-refractivity contribution in [3.8, 4) is 0 Å². The van der Waals surface area contributed by atoms with Crippen LogP contribution in [0.4, 0.5) is 11.9 Å². The maximum atomic E-state index is 9.35. The lowest BCUT2D eigenvalue weighted by Gasteiger charge is -2.42. The largest absolute Gasteiger partial charge is 0.394 e. The van der Waals surface area contributed by atoms with Crippen LogP contribution in [-0.4, -0.2) is 70.5 Å². The average Bonchev–Trinajstić information content (AvgIpc) is 2.35. The van der Waals surface area contributed by atoms with Crippen LogP contribution in [0.15, 0.2) is 0 Å². The zero-order valence-corrected chi connectivity index (χ0v) is 13.1. The standard InChI is InChI=1S/C13H24N6O2/c1-13(2)8-19(5-9(7-20)21-13)6-10-15-11(14)17-12(16-10)18(3)4/h9,20H,5-8H2,1-4H3,(H2,14,15,16,17). The Morgan fingerprint density at radius 3 is 2.71 bits per heavy atom. The normalized spacial score (nSPS) is 22.2. The Hall–Kier alpha value is -1.51. The highest BCUT2D eigenvalue weighted by atomic mass is 16.5. The number of hydrogen-bond donors (Lipinski definition) is 2. The molecule has 1 fully saturated rings. The third kappa shape index (κ3) is 4.23. The van der Waals surface area contributed by atoms with Crippen molar-refractivity contribution in [2.24, 2.45) is 0 Å². The molecule has 0 aliphatic carbocycles. The Balaban J connectivity index is 2.13. The van der Waals surface area contributed by atoms with Crippen molar-refractivity contribution >= 4 is 11.9 Å². The summed E-state index contributed by atoms with van der Waals surface area (Å²) in [6.07, 6.45) is -0.193. The predicted molar refractivity (Wildman–Crippen MR) is 79.9 cm³/mol. The van der Waals surface area contributed by atoms with Crippen molar-refractivity contribution in [1.29, 1.82) is 0 Å². The second kappa shape index (κ2) is 6.08. The zero-order chi connectivity index (χ0) is 15.6. The van der Waals surface area contributed by atoms with E-state index in [1.54, 1.807) is 4.90 Å². The first-order valence-electron chi connectivity index (χ1n) is 6.98. The van der Waals surface area contributed by atoms with Gasteiger partial charge in [-0.1, -0.05) is 0 Å². The van der Waals surface area contributed by atoms with Gasteiger partial charge in [0.25, 0.3) is 0 Å². The fourth-order valence-electron chi connectivity index (χ4n) is 2.53. The molecule has 0 aromatic carbocycles. The van der Waals surface area contributed by atoms with E-state index in [9.17, 15) is 5.11 Å². The summed E-state index contributed by atoms with van der Waals surface area (Å²) in [6.45, 7) is 5.96. The van der Waals surface area contributed by atoms with E-state index in [1.807, 2.05) is 27.9 Å². The van der Waals surface area contributed by atoms with Crippen LogP contribution in [0.5, 0.6) is 0 Å². The van der Waals surface area contributed by atoms with Gasteiger partial charge in [0.05, 0.1) is 24.9 Å². The van der Waals surface area contributed by atoms with Gasteiger partial charge in [0.15, 0.2) is 0 Å². The van der Waals surface area contributed by atoms with Crippen LogP contribution in [0.1, 0.15) is 19.7 Å². The van der Waals surface area contributed by atoms with Crippen LogP contribution in [-0.2, 0) is 11.3 Å². The molecule has 3 N–H and O–H groups in total. The van der Waals surface area contributed by atoms with Crippen molar-refractivity contribution in [2.45, 2.75) is 32.1 Å². The number of ether oxygens (including phenoxy) is 1. The Bertz CT molecular complexity index is 494. The molecule has 1 aliphatic rings. The van der Waals surface area contributed by atoms with E-state index < -0.39 is 0 Å². The first-order valence-corrected chi connectivity index (χ1v) is 6.98. The van der Waals surface area contributed by atoms with Gasteiger partial charge in [0.2, 0.25) is 11.9 Å². The van der Waals surface area contributed by atoms with Crippen LogP contribution < -0.4 is 10.6 Å². The minimum Gasteiger partial charge on any atom is -0.394 e. The van der Waals surface area contributed by atoms with Crippen molar-refractivity contribution in [3.63, 3.8) is 0 Å². The number of anilines is 2. The highest BCUT2D eigenvalue weighted by Gasteiger charge is 2.33. The van der Waals surface area contributed by atoms with E-state index in [1.165, 1.54) is 0 Å². The molecule has 1 aromatic heterocycles. The van der Waals surface area contributed by atoms with Crippen LogP contribution in [0.3, 0.4) is 0 Å². The van der Waals surface area contributed by atoms with Gasteiger partial charge in [-0.25, -0.2) is 0 Å². The Morgan fingerprint density at radius 2 is 2.10 bits per heavy atom. The maximum absolute atomic E-state index is 9.35. The number of rotatable bonds is 4. The van der Waals surface area contributed by atoms with Crippen LogP contribution in [0.25, 0.3) is 0 Å². The van der Waals surface area contributed by atoms with Crippen LogP contribution in [0.2, 0.25) is 0 Å². The van der Waals surface area contributed by atoms with Gasteiger partial charge in [-0.05, 0) is 13.8 Å². The van der Waals surface area contributed by atoms with Gasteiger partial charge in [-0.15, -0.1) is 0 Å². The van der Waals surface area contributed by atoms with E-state index in [2.05, 4.69) is 19.9 Å². The van der Waals surface area contributed by atoms with Crippen molar-refractivity contribution in [2.75, 3.05) is 44.4 Å². The molecule has 1 atom stereocenters. The van der Waals surface area contributed by atoms with Gasteiger partial charge in [-0.3, -0.25) is 4.90 Å². The first-order chi connectivity index (χ1) is 9.79. The molecule has 21 heavy (non-hydrogen) atoms. The molecular weight excluding hydrogens is 272 g/mol. The highest BCUT2D eigenvalue weighted by molar-refractivity contribution is 5.32. The molecule has 1 aromatic rings. The fraction of sp³-hybridized carbons (Fsp3) is 0.769.